The number of aryl methyl sites for hydroxylation is 1. The second-order valence-electron chi connectivity index (χ2n) is 4.82. The van der Waals surface area contributed by atoms with Crippen LogP contribution in [-0.2, 0) is 6.18 Å². The Labute approximate surface area is 129 Å². The number of rotatable bonds is 4. The molecule has 23 heavy (non-hydrogen) atoms. The number of pyridine rings is 1. The van der Waals surface area contributed by atoms with Gasteiger partial charge in [-0.15, -0.1) is 0 Å². The summed E-state index contributed by atoms with van der Waals surface area (Å²) in [5.74, 6) is -1.45. The molecule has 1 unspecified atom stereocenters. The molecule has 6 nitrogen and oxygen atoms in total. The smallest absolute Gasteiger partial charge is 0.433 e. The first-order valence-corrected chi connectivity index (χ1v) is 6.56. The SMILES string of the molecule is Cc1ccnc(C(C)Nc2nc(C(F)(F)F)ccc2C(=O)O)n1. The molecular weight excluding hydrogens is 313 g/mol. The predicted octanol–water partition coefficient (Wildman–Crippen LogP) is 3.07. The van der Waals surface area contributed by atoms with Gasteiger partial charge in [0.2, 0.25) is 0 Å². The van der Waals surface area contributed by atoms with Crippen LogP contribution in [0, 0.1) is 6.92 Å². The molecule has 2 heterocycles. The van der Waals surface area contributed by atoms with Crippen molar-refractivity contribution in [3.63, 3.8) is 0 Å². The Kier molecular flexibility index (Phi) is 4.48. The van der Waals surface area contributed by atoms with Crippen LogP contribution in [0.3, 0.4) is 0 Å². The topological polar surface area (TPSA) is 88.0 Å². The van der Waals surface area contributed by atoms with Crippen LogP contribution in [-0.4, -0.2) is 26.0 Å². The van der Waals surface area contributed by atoms with Crippen LogP contribution in [0.1, 0.15) is 40.5 Å². The van der Waals surface area contributed by atoms with E-state index in [1.54, 1.807) is 19.9 Å². The number of nitrogens with one attached hydrogen (secondary N) is 1. The zero-order chi connectivity index (χ0) is 17.2. The summed E-state index contributed by atoms with van der Waals surface area (Å²) in [6, 6.07) is 2.54. The Morgan fingerprint density at radius 2 is 1.96 bits per heavy atom. The van der Waals surface area contributed by atoms with E-state index in [9.17, 15) is 18.0 Å². The molecular formula is C14H13F3N4O2. The maximum atomic E-state index is 12.8. The van der Waals surface area contributed by atoms with E-state index in [0.29, 0.717) is 17.6 Å². The summed E-state index contributed by atoms with van der Waals surface area (Å²) in [6.45, 7) is 3.34. The molecule has 2 aromatic heterocycles. The van der Waals surface area contributed by atoms with E-state index in [1.807, 2.05) is 0 Å². The van der Waals surface area contributed by atoms with Crippen molar-refractivity contribution in [3.05, 3.63) is 47.2 Å². The summed E-state index contributed by atoms with van der Waals surface area (Å²) in [4.78, 5) is 22.7. The molecule has 0 bridgehead atoms. The van der Waals surface area contributed by atoms with E-state index in [-0.39, 0.29) is 11.4 Å². The van der Waals surface area contributed by atoms with Crippen molar-refractivity contribution in [1.82, 2.24) is 15.0 Å². The summed E-state index contributed by atoms with van der Waals surface area (Å²) in [6.07, 6.45) is -3.16. The number of hydrogen-bond donors (Lipinski definition) is 2. The number of carboxylic acids is 1. The molecule has 9 heteroatoms. The van der Waals surface area contributed by atoms with Gasteiger partial charge in [-0.05, 0) is 32.0 Å². The minimum Gasteiger partial charge on any atom is -0.478 e. The first-order chi connectivity index (χ1) is 10.7. The quantitative estimate of drug-likeness (QED) is 0.898. The predicted molar refractivity (Wildman–Crippen MR) is 75.0 cm³/mol. The third-order valence-corrected chi connectivity index (χ3v) is 2.97. The maximum absolute atomic E-state index is 12.8. The second kappa shape index (κ2) is 6.19. The lowest BCUT2D eigenvalue weighted by Crippen LogP contribution is -2.17. The van der Waals surface area contributed by atoms with Crippen molar-refractivity contribution < 1.29 is 23.1 Å². The highest BCUT2D eigenvalue weighted by Gasteiger charge is 2.33. The van der Waals surface area contributed by atoms with Crippen molar-refractivity contribution in [2.45, 2.75) is 26.1 Å². The number of aromatic carboxylic acids is 1. The molecule has 2 N–H and O–H groups in total. The van der Waals surface area contributed by atoms with E-state index in [4.69, 9.17) is 5.11 Å². The third-order valence-electron chi connectivity index (χ3n) is 2.97. The number of carboxylic acid groups (broad SMARTS) is 1. The number of carbonyl (C=O) groups is 1. The van der Waals surface area contributed by atoms with Gasteiger partial charge in [0.1, 0.15) is 22.9 Å². The molecule has 0 aromatic carbocycles. The number of alkyl halides is 3. The second-order valence-corrected chi connectivity index (χ2v) is 4.82. The number of aromatic nitrogens is 3. The van der Waals surface area contributed by atoms with Gasteiger partial charge in [0, 0.05) is 11.9 Å². The molecule has 122 valence electrons. The van der Waals surface area contributed by atoms with Crippen LogP contribution >= 0.6 is 0 Å². The van der Waals surface area contributed by atoms with Crippen LogP contribution in [0.5, 0.6) is 0 Å². The van der Waals surface area contributed by atoms with Gasteiger partial charge in [-0.3, -0.25) is 0 Å². The standard InChI is InChI=1S/C14H13F3N4O2/c1-7-5-6-18-11(19-7)8(2)20-12-9(13(22)23)3-4-10(21-12)14(15,16)17/h3-6,8H,1-2H3,(H,20,21)(H,22,23). The first kappa shape index (κ1) is 16.7. The highest BCUT2D eigenvalue weighted by molar-refractivity contribution is 5.93. The Bertz CT molecular complexity index is 734. The van der Waals surface area contributed by atoms with E-state index < -0.39 is 23.9 Å². The molecule has 0 radical (unpaired) electrons. The molecule has 0 saturated heterocycles. The molecule has 0 spiro atoms. The van der Waals surface area contributed by atoms with E-state index >= 15 is 0 Å². The van der Waals surface area contributed by atoms with Crippen molar-refractivity contribution in [3.8, 4) is 0 Å². The zero-order valence-electron chi connectivity index (χ0n) is 12.2. The molecule has 0 aliphatic heterocycles. The minimum atomic E-state index is -4.67. The Morgan fingerprint density at radius 1 is 1.26 bits per heavy atom. The zero-order valence-corrected chi connectivity index (χ0v) is 12.2. The van der Waals surface area contributed by atoms with Crippen molar-refractivity contribution in [2.75, 3.05) is 5.32 Å². The summed E-state index contributed by atoms with van der Waals surface area (Å²) in [5.41, 5.74) is -0.862. The van der Waals surface area contributed by atoms with E-state index in [2.05, 4.69) is 20.3 Å². The molecule has 0 aliphatic carbocycles. The monoisotopic (exact) mass is 326 g/mol. The number of hydrogen-bond acceptors (Lipinski definition) is 5. The van der Waals surface area contributed by atoms with Gasteiger partial charge in [-0.2, -0.15) is 13.2 Å². The molecule has 2 aromatic rings. The summed E-state index contributed by atoms with van der Waals surface area (Å²) >= 11 is 0. The van der Waals surface area contributed by atoms with Crippen LogP contribution in [0.15, 0.2) is 24.4 Å². The van der Waals surface area contributed by atoms with Gasteiger partial charge in [-0.25, -0.2) is 19.7 Å². The average molecular weight is 326 g/mol. The largest absolute Gasteiger partial charge is 0.478 e. The fourth-order valence-electron chi connectivity index (χ4n) is 1.85. The lowest BCUT2D eigenvalue weighted by atomic mass is 10.2. The van der Waals surface area contributed by atoms with Gasteiger partial charge in [0.05, 0.1) is 6.04 Å². The molecule has 0 saturated carbocycles. The first-order valence-electron chi connectivity index (χ1n) is 6.56. The lowest BCUT2D eigenvalue weighted by Gasteiger charge is -2.16. The summed E-state index contributed by atoms with van der Waals surface area (Å²) in [5, 5.41) is 11.7. The maximum Gasteiger partial charge on any atom is 0.433 e. The summed E-state index contributed by atoms with van der Waals surface area (Å²) in [7, 11) is 0. The minimum absolute atomic E-state index is 0.320. The van der Waals surface area contributed by atoms with Crippen LogP contribution < -0.4 is 5.32 Å². The van der Waals surface area contributed by atoms with Crippen molar-refractivity contribution >= 4 is 11.8 Å². The number of halogens is 3. The molecule has 0 fully saturated rings. The average Bonchev–Trinajstić information content (AvgIpc) is 2.46. The van der Waals surface area contributed by atoms with Gasteiger partial charge in [0.25, 0.3) is 0 Å². The van der Waals surface area contributed by atoms with Crippen LogP contribution in [0.25, 0.3) is 0 Å². The highest BCUT2D eigenvalue weighted by atomic mass is 19.4. The fraction of sp³-hybridized carbons (Fsp3) is 0.286. The van der Waals surface area contributed by atoms with Crippen LogP contribution in [0.4, 0.5) is 19.0 Å². The Hall–Kier alpha value is -2.71. The third kappa shape index (κ3) is 3.93. The number of nitrogens with zero attached hydrogens (tertiary/aromatic N) is 3. The van der Waals surface area contributed by atoms with Gasteiger partial charge in [0.15, 0.2) is 0 Å². The van der Waals surface area contributed by atoms with Gasteiger partial charge < -0.3 is 10.4 Å². The highest BCUT2D eigenvalue weighted by Crippen LogP contribution is 2.30. The fourth-order valence-corrected chi connectivity index (χ4v) is 1.85. The molecule has 0 amide bonds. The molecule has 0 aliphatic rings. The summed E-state index contributed by atoms with van der Waals surface area (Å²) < 4.78 is 38.3. The molecule has 2 rings (SSSR count). The van der Waals surface area contributed by atoms with Crippen molar-refractivity contribution in [2.24, 2.45) is 0 Å². The van der Waals surface area contributed by atoms with Crippen LogP contribution in [0.2, 0.25) is 0 Å². The molecule has 1 atom stereocenters. The van der Waals surface area contributed by atoms with E-state index in [1.165, 1.54) is 6.20 Å². The Balaban J connectivity index is 2.38. The normalized spacial score (nSPS) is 12.7. The van der Waals surface area contributed by atoms with Crippen molar-refractivity contribution in [1.29, 1.82) is 0 Å². The number of anilines is 1. The Morgan fingerprint density at radius 3 is 2.52 bits per heavy atom. The van der Waals surface area contributed by atoms with Gasteiger partial charge in [-0.1, -0.05) is 0 Å². The van der Waals surface area contributed by atoms with E-state index in [0.717, 1.165) is 6.07 Å². The lowest BCUT2D eigenvalue weighted by molar-refractivity contribution is -0.141. The van der Waals surface area contributed by atoms with Gasteiger partial charge >= 0.3 is 12.1 Å².